The number of hydrogen-bond acceptors (Lipinski definition) is 4. The third-order valence-electron chi connectivity index (χ3n) is 5.35. The first-order valence-corrected chi connectivity index (χ1v) is 10.7. The fraction of sp³-hybridized carbons (Fsp3) is 0.950. The zero-order valence-electron chi connectivity index (χ0n) is 17.4. The van der Waals surface area contributed by atoms with Crippen molar-refractivity contribution in [1.29, 1.82) is 0 Å². The second-order valence-electron chi connectivity index (χ2n) is 7.70. The molecular weight excluding hydrogens is 455 g/mol. The van der Waals surface area contributed by atoms with E-state index < -0.39 is 0 Å². The molecular formula is C20H41IN4O2. The van der Waals surface area contributed by atoms with Crippen molar-refractivity contribution in [3.63, 3.8) is 0 Å². The summed E-state index contributed by atoms with van der Waals surface area (Å²) >= 11 is 0. The third kappa shape index (κ3) is 11.5. The van der Waals surface area contributed by atoms with Gasteiger partial charge in [0.2, 0.25) is 0 Å². The van der Waals surface area contributed by atoms with Crippen LogP contribution in [0.15, 0.2) is 4.99 Å². The minimum Gasteiger partial charge on any atom is -0.381 e. The Morgan fingerprint density at radius 2 is 1.89 bits per heavy atom. The lowest BCUT2D eigenvalue weighted by atomic mass is 9.99. The van der Waals surface area contributed by atoms with E-state index in [0.29, 0.717) is 5.92 Å². The zero-order valence-corrected chi connectivity index (χ0v) is 19.7. The number of nitrogens with zero attached hydrogens (tertiary/aromatic N) is 2. The molecule has 0 saturated carbocycles. The Labute approximate surface area is 183 Å². The van der Waals surface area contributed by atoms with E-state index in [0.717, 1.165) is 83.7 Å². The minimum atomic E-state index is 0. The van der Waals surface area contributed by atoms with Crippen molar-refractivity contribution in [3.8, 4) is 0 Å². The van der Waals surface area contributed by atoms with Gasteiger partial charge < -0.3 is 25.0 Å². The summed E-state index contributed by atoms with van der Waals surface area (Å²) < 4.78 is 11.2. The molecule has 0 amide bonds. The summed E-state index contributed by atoms with van der Waals surface area (Å²) in [6, 6.07) is 0. The molecule has 2 N–H and O–H groups in total. The van der Waals surface area contributed by atoms with E-state index in [9.17, 15) is 0 Å². The molecule has 2 aliphatic heterocycles. The van der Waals surface area contributed by atoms with Gasteiger partial charge in [0.15, 0.2) is 5.96 Å². The van der Waals surface area contributed by atoms with Crippen LogP contribution in [0.4, 0.5) is 0 Å². The number of nitrogens with one attached hydrogen (secondary N) is 2. The molecule has 2 fully saturated rings. The second kappa shape index (κ2) is 15.8. The summed E-state index contributed by atoms with van der Waals surface area (Å²) in [5, 5.41) is 6.80. The maximum Gasteiger partial charge on any atom is 0.191 e. The number of likely N-dealkylation sites (tertiary alicyclic amines) is 1. The van der Waals surface area contributed by atoms with Gasteiger partial charge in [0.25, 0.3) is 0 Å². The molecule has 0 aromatic carbocycles. The quantitative estimate of drug-likeness (QED) is 0.211. The van der Waals surface area contributed by atoms with Crippen LogP contribution in [0.5, 0.6) is 0 Å². The van der Waals surface area contributed by atoms with Crippen molar-refractivity contribution >= 4 is 29.9 Å². The predicted molar refractivity (Wildman–Crippen MR) is 123 cm³/mol. The first-order valence-electron chi connectivity index (χ1n) is 10.7. The molecule has 2 heterocycles. The van der Waals surface area contributed by atoms with Gasteiger partial charge in [-0.3, -0.25) is 4.99 Å². The van der Waals surface area contributed by atoms with Gasteiger partial charge in [0.05, 0.1) is 0 Å². The first kappa shape index (κ1) is 24.9. The van der Waals surface area contributed by atoms with Gasteiger partial charge >= 0.3 is 0 Å². The Bertz CT molecular complexity index is 384. The van der Waals surface area contributed by atoms with Crippen LogP contribution in [0.3, 0.4) is 0 Å². The molecule has 0 aromatic rings. The van der Waals surface area contributed by atoms with Gasteiger partial charge in [-0.1, -0.05) is 6.92 Å². The Balaban J connectivity index is 0.00000364. The summed E-state index contributed by atoms with van der Waals surface area (Å²) in [5.74, 6) is 2.51. The molecule has 0 aliphatic carbocycles. The molecule has 27 heavy (non-hydrogen) atoms. The Morgan fingerprint density at radius 3 is 2.59 bits per heavy atom. The number of guanidine groups is 1. The molecule has 0 radical (unpaired) electrons. The van der Waals surface area contributed by atoms with E-state index >= 15 is 0 Å². The molecule has 0 unspecified atom stereocenters. The lowest BCUT2D eigenvalue weighted by Gasteiger charge is -2.30. The maximum atomic E-state index is 5.81. The van der Waals surface area contributed by atoms with E-state index in [2.05, 4.69) is 34.4 Å². The first-order chi connectivity index (χ1) is 12.8. The topological polar surface area (TPSA) is 58.1 Å². The van der Waals surface area contributed by atoms with Crippen molar-refractivity contribution in [1.82, 2.24) is 15.5 Å². The van der Waals surface area contributed by atoms with Crippen LogP contribution in [0.2, 0.25) is 0 Å². The highest BCUT2D eigenvalue weighted by Gasteiger charge is 2.15. The Hall–Kier alpha value is -0.120. The van der Waals surface area contributed by atoms with Crippen molar-refractivity contribution < 1.29 is 9.47 Å². The van der Waals surface area contributed by atoms with Crippen molar-refractivity contribution in [3.05, 3.63) is 0 Å². The fourth-order valence-electron chi connectivity index (χ4n) is 3.48. The average molecular weight is 496 g/mol. The van der Waals surface area contributed by atoms with Crippen LogP contribution in [0, 0.1) is 11.8 Å². The number of ether oxygens (including phenoxy) is 2. The predicted octanol–water partition coefficient (Wildman–Crippen LogP) is 2.72. The number of aliphatic imine (C=N–C) groups is 1. The second-order valence-corrected chi connectivity index (χ2v) is 7.70. The summed E-state index contributed by atoms with van der Waals surface area (Å²) in [4.78, 5) is 7.22. The average Bonchev–Trinajstić information content (AvgIpc) is 2.67. The summed E-state index contributed by atoms with van der Waals surface area (Å²) in [5.41, 5.74) is 0. The molecule has 160 valence electrons. The highest BCUT2D eigenvalue weighted by molar-refractivity contribution is 14.0. The molecule has 0 spiro atoms. The van der Waals surface area contributed by atoms with E-state index in [4.69, 9.17) is 9.47 Å². The van der Waals surface area contributed by atoms with Crippen LogP contribution in [0.1, 0.15) is 46.0 Å². The van der Waals surface area contributed by atoms with Gasteiger partial charge in [-0.25, -0.2) is 0 Å². The van der Waals surface area contributed by atoms with Crippen LogP contribution < -0.4 is 10.6 Å². The number of rotatable bonds is 10. The van der Waals surface area contributed by atoms with Crippen molar-refractivity contribution in [2.75, 3.05) is 65.7 Å². The molecule has 7 heteroatoms. The normalized spacial score (nSPS) is 20.3. The smallest absolute Gasteiger partial charge is 0.191 e. The summed E-state index contributed by atoms with van der Waals surface area (Å²) in [6.07, 6.45) is 5.93. The fourth-order valence-corrected chi connectivity index (χ4v) is 3.48. The molecule has 6 nitrogen and oxygen atoms in total. The van der Waals surface area contributed by atoms with Crippen LogP contribution in [0.25, 0.3) is 0 Å². The number of hydrogen-bond donors (Lipinski definition) is 2. The van der Waals surface area contributed by atoms with Crippen LogP contribution >= 0.6 is 24.0 Å². The van der Waals surface area contributed by atoms with Gasteiger partial charge in [-0.2, -0.15) is 0 Å². The number of piperidine rings is 1. The van der Waals surface area contributed by atoms with Crippen LogP contribution in [-0.2, 0) is 9.47 Å². The Kier molecular flexibility index (Phi) is 14.5. The lowest BCUT2D eigenvalue weighted by molar-refractivity contribution is 0.0205. The SMILES string of the molecule is CCNC(=NCCCOCC1CCOCC1)NCCN1CCC(C)CC1.I. The van der Waals surface area contributed by atoms with E-state index in [1.54, 1.807) is 0 Å². The Morgan fingerprint density at radius 1 is 1.15 bits per heavy atom. The standard InChI is InChI=1S/C20H40N4O2.HI/c1-3-21-20(23-10-13-24-11-5-18(2)6-12-24)22-9-4-14-26-17-19-7-15-25-16-8-19;/h18-19H,3-17H2,1-2H3,(H2,21,22,23);1H. The lowest BCUT2D eigenvalue weighted by Crippen LogP contribution is -2.43. The molecule has 0 bridgehead atoms. The molecule has 2 rings (SSSR count). The minimum absolute atomic E-state index is 0. The van der Waals surface area contributed by atoms with Gasteiger partial charge in [0.1, 0.15) is 0 Å². The highest BCUT2D eigenvalue weighted by atomic mass is 127. The van der Waals surface area contributed by atoms with Gasteiger partial charge in [-0.15, -0.1) is 24.0 Å². The largest absolute Gasteiger partial charge is 0.381 e. The highest BCUT2D eigenvalue weighted by Crippen LogP contribution is 2.15. The maximum absolute atomic E-state index is 5.81. The van der Waals surface area contributed by atoms with Crippen molar-refractivity contribution in [2.45, 2.75) is 46.0 Å². The molecule has 0 aromatic heterocycles. The third-order valence-corrected chi connectivity index (χ3v) is 5.35. The zero-order chi connectivity index (χ0) is 18.5. The van der Waals surface area contributed by atoms with Gasteiger partial charge in [0, 0.05) is 52.6 Å². The summed E-state index contributed by atoms with van der Waals surface area (Å²) in [6.45, 7) is 14.2. The summed E-state index contributed by atoms with van der Waals surface area (Å²) in [7, 11) is 0. The monoisotopic (exact) mass is 496 g/mol. The molecule has 2 aliphatic rings. The van der Waals surface area contributed by atoms with Crippen molar-refractivity contribution in [2.24, 2.45) is 16.8 Å². The van der Waals surface area contributed by atoms with E-state index in [-0.39, 0.29) is 24.0 Å². The molecule has 2 saturated heterocycles. The van der Waals surface area contributed by atoms with Gasteiger partial charge in [-0.05, 0) is 64.0 Å². The van der Waals surface area contributed by atoms with Crippen LogP contribution in [-0.4, -0.2) is 76.6 Å². The van der Waals surface area contributed by atoms with E-state index in [1.165, 1.54) is 25.9 Å². The molecule has 0 atom stereocenters. The van der Waals surface area contributed by atoms with E-state index in [1.807, 2.05) is 0 Å². The number of halogens is 1.